The van der Waals surface area contributed by atoms with Gasteiger partial charge in [0.25, 0.3) is 0 Å². The summed E-state index contributed by atoms with van der Waals surface area (Å²) in [5.74, 6) is -1.48. The number of unbranched alkanes of at least 4 members (excludes halogenated alkanes) is 61. The third kappa shape index (κ3) is 68.7. The molecule has 2 N–H and O–H groups in total. The van der Waals surface area contributed by atoms with E-state index in [-0.39, 0.29) is 0 Å². The molecule has 422 valence electrons. The first-order valence-electron chi connectivity index (χ1n) is 33.2. The van der Waals surface area contributed by atoms with Crippen molar-refractivity contribution in [2.24, 2.45) is 0 Å². The molecule has 0 atom stereocenters. The molecule has 0 heterocycles. The van der Waals surface area contributed by atoms with E-state index in [2.05, 4.69) is 0 Å². The Hall–Kier alpha value is -1.32. The topological polar surface area (TPSA) is 74.6 Å². The molecule has 0 aromatic heterocycles. The fraction of sp³-hybridized carbons (Fsp3) is 0.940. The Labute approximate surface area is 446 Å². The van der Waals surface area contributed by atoms with E-state index < -0.39 is 11.9 Å². The van der Waals surface area contributed by atoms with Crippen molar-refractivity contribution < 1.29 is 19.8 Å². The lowest BCUT2D eigenvalue weighted by atomic mass is 10.0. The van der Waals surface area contributed by atoms with Crippen molar-refractivity contribution >= 4 is 11.9 Å². The quantitative estimate of drug-likeness (QED) is 0.0470. The fourth-order valence-electron chi connectivity index (χ4n) is 11.2. The van der Waals surface area contributed by atoms with Crippen LogP contribution in [0, 0.1) is 0 Å². The minimum Gasteiger partial charge on any atom is -0.481 e. The highest BCUT2D eigenvalue weighted by Crippen LogP contribution is 2.20. The van der Waals surface area contributed by atoms with Gasteiger partial charge in [0.05, 0.1) is 0 Å². The fourth-order valence-corrected chi connectivity index (χ4v) is 11.2. The van der Waals surface area contributed by atoms with Crippen LogP contribution in [0.2, 0.25) is 0 Å². The Kier molecular flexibility index (Phi) is 63.6. The van der Waals surface area contributed by atoms with Crippen molar-refractivity contribution in [2.75, 3.05) is 0 Å². The van der Waals surface area contributed by atoms with Gasteiger partial charge in [0, 0.05) is 12.5 Å². The summed E-state index contributed by atoms with van der Waals surface area (Å²) in [7, 11) is 0. The van der Waals surface area contributed by atoms with Gasteiger partial charge < -0.3 is 10.2 Å². The molecule has 0 bridgehead atoms. The molecular weight excluding hydrogens is 869 g/mol. The molecule has 0 radical (unpaired) electrons. The van der Waals surface area contributed by atoms with Crippen molar-refractivity contribution in [3.05, 3.63) is 12.2 Å². The van der Waals surface area contributed by atoms with Gasteiger partial charge in [0.1, 0.15) is 0 Å². The van der Waals surface area contributed by atoms with Crippen LogP contribution in [0.3, 0.4) is 0 Å². The highest BCUT2D eigenvalue weighted by atomic mass is 16.4. The molecule has 0 saturated carbocycles. The normalized spacial score (nSPS) is 11.7. The first-order chi connectivity index (χ1) is 35.1. The SMILES string of the molecule is O=C(O)C=CCCCCCCCCCCCCCCCCCCCCCCCCCCCCCCCCCCCCCCCCCCCCCCCCCCCCCCCCCCCCCCCC(=O)O. The molecule has 0 spiro atoms. The molecule has 0 aliphatic heterocycles. The second kappa shape index (κ2) is 64.8. The monoisotopic (exact) mass is 999 g/mol. The maximum atomic E-state index is 10.5. The summed E-state index contributed by atoms with van der Waals surface area (Å²) < 4.78 is 0. The Balaban J connectivity index is 3.08. The van der Waals surface area contributed by atoms with Gasteiger partial charge in [-0.1, -0.05) is 385 Å². The molecule has 0 saturated heterocycles. The second-order valence-electron chi connectivity index (χ2n) is 23.2. The molecule has 71 heavy (non-hydrogen) atoms. The average Bonchev–Trinajstić information content (AvgIpc) is 3.36. The number of aliphatic carboxylic acids is 2. The Morgan fingerprint density at radius 2 is 0.324 bits per heavy atom. The number of allylic oxidation sites excluding steroid dienone is 1. The maximum Gasteiger partial charge on any atom is 0.327 e. The lowest BCUT2D eigenvalue weighted by Crippen LogP contribution is -1.93. The summed E-state index contributed by atoms with van der Waals surface area (Å²) in [6.07, 6.45) is 91.0. The molecule has 0 aliphatic carbocycles. The van der Waals surface area contributed by atoms with E-state index in [9.17, 15) is 9.59 Å². The van der Waals surface area contributed by atoms with Crippen LogP contribution in [-0.2, 0) is 9.59 Å². The number of carboxylic acids is 2. The third-order valence-electron chi connectivity index (χ3n) is 16.0. The lowest BCUT2D eigenvalue weighted by Gasteiger charge is -2.05. The zero-order chi connectivity index (χ0) is 51.1. The molecule has 4 heteroatoms. The first-order valence-corrected chi connectivity index (χ1v) is 33.2. The zero-order valence-electron chi connectivity index (χ0n) is 48.4. The molecule has 0 unspecified atom stereocenters. The summed E-state index contributed by atoms with van der Waals surface area (Å²) in [6, 6.07) is 0. The van der Waals surface area contributed by atoms with Crippen LogP contribution in [0.1, 0.15) is 405 Å². The molecule has 0 amide bonds. The summed E-state index contributed by atoms with van der Waals surface area (Å²) in [5, 5.41) is 17.3. The van der Waals surface area contributed by atoms with Crippen LogP contribution in [0.25, 0.3) is 0 Å². The van der Waals surface area contributed by atoms with E-state index in [1.54, 1.807) is 6.08 Å². The minimum absolute atomic E-state index is 0.345. The lowest BCUT2D eigenvalue weighted by molar-refractivity contribution is -0.137. The van der Waals surface area contributed by atoms with Crippen molar-refractivity contribution in [3.63, 3.8) is 0 Å². The van der Waals surface area contributed by atoms with Crippen LogP contribution < -0.4 is 0 Å². The largest absolute Gasteiger partial charge is 0.481 e. The summed E-state index contributed by atoms with van der Waals surface area (Å²) in [5.41, 5.74) is 0. The number of hydrogen-bond acceptors (Lipinski definition) is 2. The van der Waals surface area contributed by atoms with Crippen LogP contribution in [-0.4, -0.2) is 22.2 Å². The maximum absolute atomic E-state index is 10.5. The van der Waals surface area contributed by atoms with E-state index in [4.69, 9.17) is 10.2 Å². The highest BCUT2D eigenvalue weighted by molar-refractivity contribution is 5.79. The standard InChI is InChI=1S/C67H130O4/c68-66(69)64-62-60-58-56-54-52-50-48-46-44-42-40-38-36-34-32-30-28-26-24-22-20-18-16-14-12-10-8-6-4-2-1-3-5-7-9-11-13-15-17-19-21-23-25-27-29-31-33-35-37-39-41-43-45-47-49-51-53-55-57-59-61-63-65-67(70)71/h62,64H,1-61,63,65H2,(H,68,69)(H,70,71). The smallest absolute Gasteiger partial charge is 0.327 e. The number of carboxylic acid groups (broad SMARTS) is 2. The molecule has 4 nitrogen and oxygen atoms in total. The van der Waals surface area contributed by atoms with Gasteiger partial charge in [-0.3, -0.25) is 4.79 Å². The number of rotatable bonds is 65. The predicted molar refractivity (Wildman–Crippen MR) is 315 cm³/mol. The number of hydrogen-bond donors (Lipinski definition) is 2. The van der Waals surface area contributed by atoms with E-state index in [1.165, 1.54) is 378 Å². The van der Waals surface area contributed by atoms with E-state index >= 15 is 0 Å². The average molecular weight is 1000 g/mol. The van der Waals surface area contributed by atoms with Crippen LogP contribution in [0.5, 0.6) is 0 Å². The van der Waals surface area contributed by atoms with Gasteiger partial charge in [-0.15, -0.1) is 0 Å². The molecule has 0 fully saturated rings. The van der Waals surface area contributed by atoms with Crippen molar-refractivity contribution in [3.8, 4) is 0 Å². The molecule has 0 rings (SSSR count). The number of carbonyl (C=O) groups is 2. The van der Waals surface area contributed by atoms with Gasteiger partial charge in [0.15, 0.2) is 0 Å². The van der Waals surface area contributed by atoms with Gasteiger partial charge in [0.2, 0.25) is 0 Å². The van der Waals surface area contributed by atoms with Crippen molar-refractivity contribution in [2.45, 2.75) is 405 Å². The first kappa shape index (κ1) is 69.7. The highest BCUT2D eigenvalue weighted by Gasteiger charge is 2.01. The Morgan fingerprint density at radius 3 is 0.451 bits per heavy atom. The van der Waals surface area contributed by atoms with E-state index in [1.807, 2.05) is 0 Å². The second-order valence-corrected chi connectivity index (χ2v) is 23.2. The van der Waals surface area contributed by atoms with Crippen molar-refractivity contribution in [1.82, 2.24) is 0 Å². The summed E-state index contributed by atoms with van der Waals surface area (Å²) >= 11 is 0. The Morgan fingerprint density at radius 1 is 0.197 bits per heavy atom. The predicted octanol–water partition coefficient (Wildman–Crippen LogP) is 24.3. The van der Waals surface area contributed by atoms with Gasteiger partial charge in [-0.05, 0) is 19.3 Å². The van der Waals surface area contributed by atoms with E-state index in [0.29, 0.717) is 6.42 Å². The third-order valence-corrected chi connectivity index (χ3v) is 16.0. The molecule has 0 aromatic rings. The molecule has 0 aromatic carbocycles. The van der Waals surface area contributed by atoms with Gasteiger partial charge in [-0.2, -0.15) is 0 Å². The van der Waals surface area contributed by atoms with Crippen LogP contribution >= 0.6 is 0 Å². The van der Waals surface area contributed by atoms with Gasteiger partial charge in [-0.25, -0.2) is 4.79 Å². The van der Waals surface area contributed by atoms with Gasteiger partial charge >= 0.3 is 11.9 Å². The summed E-state index contributed by atoms with van der Waals surface area (Å²) in [6.45, 7) is 0. The summed E-state index contributed by atoms with van der Waals surface area (Å²) in [4.78, 5) is 21.0. The van der Waals surface area contributed by atoms with Crippen LogP contribution in [0.15, 0.2) is 12.2 Å². The van der Waals surface area contributed by atoms with E-state index in [0.717, 1.165) is 25.7 Å². The zero-order valence-corrected chi connectivity index (χ0v) is 48.4. The molecule has 0 aliphatic rings. The molecular formula is C67H130O4. The van der Waals surface area contributed by atoms with Crippen molar-refractivity contribution in [1.29, 1.82) is 0 Å². The minimum atomic E-state index is -0.828. The van der Waals surface area contributed by atoms with Crippen LogP contribution in [0.4, 0.5) is 0 Å². The Bertz CT molecular complexity index is 1020.